The van der Waals surface area contributed by atoms with E-state index in [0.717, 1.165) is 51.4 Å². The van der Waals surface area contributed by atoms with Gasteiger partial charge >= 0.3 is 0 Å². The summed E-state index contributed by atoms with van der Waals surface area (Å²) in [5, 5.41) is 8.89. The number of benzene rings is 1. The zero-order valence-corrected chi connectivity index (χ0v) is 15.8. The third-order valence-electron chi connectivity index (χ3n) is 5.26. The van der Waals surface area contributed by atoms with Gasteiger partial charge in [0.25, 0.3) is 0 Å². The summed E-state index contributed by atoms with van der Waals surface area (Å²) in [7, 11) is 0. The highest BCUT2D eigenvalue weighted by atomic mass is 35.5. The second-order valence-corrected chi connectivity index (χ2v) is 7.05. The standard InChI is InChI=1S/C19H26N4O.ClH/c1-15(2)21-9-11-22(12-10-21)19(24)17-7-8-23(14-17)18-5-3-16(13-20)4-6-18;/h3-6,15,17H,7-12,14H2,1-2H3;1H/t17-;/m0./s1. The smallest absolute Gasteiger partial charge is 0.227 e. The molecule has 1 atom stereocenters. The lowest BCUT2D eigenvalue weighted by Crippen LogP contribution is -2.52. The first kappa shape index (κ1) is 19.6. The first-order valence-electron chi connectivity index (χ1n) is 8.86. The van der Waals surface area contributed by atoms with Crippen LogP contribution in [-0.4, -0.2) is 61.0 Å². The number of hydrogen-bond acceptors (Lipinski definition) is 4. The molecule has 2 fully saturated rings. The van der Waals surface area contributed by atoms with Gasteiger partial charge in [-0.25, -0.2) is 0 Å². The van der Waals surface area contributed by atoms with Gasteiger partial charge in [-0.15, -0.1) is 12.4 Å². The maximum atomic E-state index is 12.8. The van der Waals surface area contributed by atoms with Gasteiger partial charge in [0.05, 0.1) is 17.6 Å². The highest BCUT2D eigenvalue weighted by Crippen LogP contribution is 2.25. The Morgan fingerprint density at radius 2 is 1.76 bits per heavy atom. The third kappa shape index (κ3) is 4.45. The van der Waals surface area contributed by atoms with E-state index in [1.807, 2.05) is 29.2 Å². The van der Waals surface area contributed by atoms with E-state index < -0.39 is 0 Å². The molecule has 0 aliphatic carbocycles. The van der Waals surface area contributed by atoms with Gasteiger partial charge in [0.2, 0.25) is 5.91 Å². The molecule has 0 saturated carbocycles. The molecule has 136 valence electrons. The van der Waals surface area contributed by atoms with Gasteiger partial charge in [-0.05, 0) is 44.5 Å². The fourth-order valence-corrected chi connectivity index (χ4v) is 3.66. The third-order valence-corrected chi connectivity index (χ3v) is 5.26. The summed E-state index contributed by atoms with van der Waals surface area (Å²) in [6.45, 7) is 9.79. The van der Waals surface area contributed by atoms with Crippen LogP contribution in [0.15, 0.2) is 24.3 Å². The average Bonchev–Trinajstić information content (AvgIpc) is 3.11. The quantitative estimate of drug-likeness (QED) is 0.828. The van der Waals surface area contributed by atoms with Gasteiger partial charge in [0.1, 0.15) is 0 Å². The number of nitriles is 1. The normalized spacial score (nSPS) is 21.1. The van der Waals surface area contributed by atoms with Crippen molar-refractivity contribution in [3.63, 3.8) is 0 Å². The number of amides is 1. The number of anilines is 1. The van der Waals surface area contributed by atoms with Crippen LogP contribution in [-0.2, 0) is 4.79 Å². The molecule has 1 aromatic rings. The second kappa shape index (κ2) is 8.55. The Balaban J connectivity index is 0.00000225. The molecule has 3 rings (SSSR count). The first-order chi connectivity index (χ1) is 11.6. The van der Waals surface area contributed by atoms with Crippen molar-refractivity contribution in [3.05, 3.63) is 29.8 Å². The molecule has 5 nitrogen and oxygen atoms in total. The molecule has 0 radical (unpaired) electrons. The number of hydrogen-bond donors (Lipinski definition) is 0. The minimum atomic E-state index is 0. The molecule has 2 saturated heterocycles. The predicted octanol–water partition coefficient (Wildman–Crippen LogP) is 2.36. The monoisotopic (exact) mass is 362 g/mol. The average molecular weight is 363 g/mol. The maximum Gasteiger partial charge on any atom is 0.227 e. The van der Waals surface area contributed by atoms with Crippen molar-refractivity contribution in [1.82, 2.24) is 9.80 Å². The van der Waals surface area contributed by atoms with Crippen LogP contribution in [0.5, 0.6) is 0 Å². The largest absolute Gasteiger partial charge is 0.371 e. The fourth-order valence-electron chi connectivity index (χ4n) is 3.66. The molecule has 0 bridgehead atoms. The molecule has 25 heavy (non-hydrogen) atoms. The number of piperazine rings is 1. The second-order valence-electron chi connectivity index (χ2n) is 7.05. The highest BCUT2D eigenvalue weighted by molar-refractivity contribution is 5.85. The topological polar surface area (TPSA) is 50.6 Å². The van der Waals surface area contributed by atoms with E-state index in [1.54, 1.807) is 0 Å². The van der Waals surface area contributed by atoms with Crippen LogP contribution < -0.4 is 4.90 Å². The van der Waals surface area contributed by atoms with E-state index >= 15 is 0 Å². The van der Waals surface area contributed by atoms with Crippen molar-refractivity contribution in [1.29, 1.82) is 5.26 Å². The van der Waals surface area contributed by atoms with E-state index in [1.165, 1.54) is 0 Å². The molecule has 2 aliphatic heterocycles. The summed E-state index contributed by atoms with van der Waals surface area (Å²) in [4.78, 5) is 19.5. The molecule has 0 spiro atoms. The zero-order chi connectivity index (χ0) is 17.1. The molecule has 0 N–H and O–H groups in total. The minimum absolute atomic E-state index is 0. The van der Waals surface area contributed by atoms with E-state index in [4.69, 9.17) is 5.26 Å². The van der Waals surface area contributed by atoms with E-state index in [0.29, 0.717) is 17.5 Å². The van der Waals surface area contributed by atoms with Gasteiger partial charge in [0.15, 0.2) is 0 Å². The van der Waals surface area contributed by atoms with Crippen molar-refractivity contribution in [2.45, 2.75) is 26.3 Å². The Hall–Kier alpha value is -1.77. The van der Waals surface area contributed by atoms with Crippen molar-refractivity contribution >= 4 is 24.0 Å². The summed E-state index contributed by atoms with van der Waals surface area (Å²) in [5.74, 6) is 0.417. The predicted molar refractivity (Wildman–Crippen MR) is 102 cm³/mol. The number of halogens is 1. The minimum Gasteiger partial charge on any atom is -0.371 e. The number of nitrogens with zero attached hydrogens (tertiary/aromatic N) is 4. The Bertz CT molecular complexity index is 617. The van der Waals surface area contributed by atoms with Crippen molar-refractivity contribution in [2.24, 2.45) is 5.92 Å². The summed E-state index contributed by atoms with van der Waals surface area (Å²) in [5.41, 5.74) is 1.78. The Morgan fingerprint density at radius 3 is 2.32 bits per heavy atom. The van der Waals surface area contributed by atoms with Crippen LogP contribution in [0, 0.1) is 17.2 Å². The lowest BCUT2D eigenvalue weighted by atomic mass is 10.1. The molecule has 0 unspecified atom stereocenters. The van der Waals surface area contributed by atoms with Gasteiger partial charge in [-0.3, -0.25) is 9.69 Å². The summed E-state index contributed by atoms with van der Waals surface area (Å²) >= 11 is 0. The molecule has 2 aliphatic rings. The molecular weight excluding hydrogens is 336 g/mol. The summed E-state index contributed by atoms with van der Waals surface area (Å²) in [6, 6.07) is 10.3. The molecule has 6 heteroatoms. The maximum absolute atomic E-state index is 12.8. The molecular formula is C19H27ClN4O. The van der Waals surface area contributed by atoms with E-state index in [-0.39, 0.29) is 18.3 Å². The van der Waals surface area contributed by atoms with Crippen LogP contribution in [0.2, 0.25) is 0 Å². The van der Waals surface area contributed by atoms with Gasteiger partial charge in [0, 0.05) is 51.0 Å². The number of carbonyl (C=O) groups is 1. The Morgan fingerprint density at radius 1 is 1.12 bits per heavy atom. The van der Waals surface area contributed by atoms with Crippen LogP contribution >= 0.6 is 12.4 Å². The van der Waals surface area contributed by atoms with Crippen LogP contribution in [0.3, 0.4) is 0 Å². The van der Waals surface area contributed by atoms with Gasteiger partial charge in [-0.2, -0.15) is 5.26 Å². The highest BCUT2D eigenvalue weighted by Gasteiger charge is 2.33. The van der Waals surface area contributed by atoms with E-state index in [2.05, 4.69) is 29.7 Å². The lowest BCUT2D eigenvalue weighted by molar-refractivity contribution is -0.136. The Labute approximate surface area is 156 Å². The Kier molecular flexibility index (Phi) is 6.69. The fraction of sp³-hybridized carbons (Fsp3) is 0.579. The molecule has 1 aromatic carbocycles. The van der Waals surface area contributed by atoms with Crippen molar-refractivity contribution in [3.8, 4) is 6.07 Å². The van der Waals surface area contributed by atoms with Crippen molar-refractivity contribution < 1.29 is 4.79 Å². The van der Waals surface area contributed by atoms with E-state index in [9.17, 15) is 4.79 Å². The zero-order valence-electron chi connectivity index (χ0n) is 15.0. The van der Waals surface area contributed by atoms with Crippen LogP contribution in [0.4, 0.5) is 5.69 Å². The molecule has 1 amide bonds. The van der Waals surface area contributed by atoms with Gasteiger partial charge < -0.3 is 9.80 Å². The van der Waals surface area contributed by atoms with Crippen molar-refractivity contribution in [2.75, 3.05) is 44.2 Å². The molecule has 2 heterocycles. The van der Waals surface area contributed by atoms with Crippen LogP contribution in [0.1, 0.15) is 25.8 Å². The molecule has 0 aromatic heterocycles. The first-order valence-corrected chi connectivity index (χ1v) is 8.86. The SMILES string of the molecule is CC(C)N1CCN(C(=O)[C@H]2CCN(c3ccc(C#N)cc3)C2)CC1.Cl. The van der Waals surface area contributed by atoms with Crippen LogP contribution in [0.25, 0.3) is 0 Å². The number of carbonyl (C=O) groups excluding carboxylic acids is 1. The summed E-state index contributed by atoms with van der Waals surface area (Å²) in [6.07, 6.45) is 0.920. The number of rotatable bonds is 3. The summed E-state index contributed by atoms with van der Waals surface area (Å²) < 4.78 is 0. The lowest BCUT2D eigenvalue weighted by Gasteiger charge is -2.37. The van der Waals surface area contributed by atoms with Gasteiger partial charge in [-0.1, -0.05) is 0 Å².